The Balaban J connectivity index is 1.99. The van der Waals surface area contributed by atoms with Crippen LogP contribution >= 0.6 is 23.4 Å². The largest absolute Gasteiger partial charge is 0.363 e. The molecule has 1 fully saturated rings. The molecule has 0 amide bonds. The summed E-state index contributed by atoms with van der Waals surface area (Å²) in [6, 6.07) is 0. The summed E-state index contributed by atoms with van der Waals surface area (Å²) >= 11 is 7.71. The quantitative estimate of drug-likeness (QED) is 0.503. The van der Waals surface area contributed by atoms with Crippen molar-refractivity contribution in [2.24, 2.45) is 0 Å². The van der Waals surface area contributed by atoms with Gasteiger partial charge >= 0.3 is 5.69 Å². The summed E-state index contributed by atoms with van der Waals surface area (Å²) in [5.74, 6) is 2.47. The third kappa shape index (κ3) is 3.94. The van der Waals surface area contributed by atoms with Crippen molar-refractivity contribution in [2.75, 3.05) is 43.0 Å². The van der Waals surface area contributed by atoms with Crippen molar-refractivity contribution in [1.82, 2.24) is 14.9 Å². The van der Waals surface area contributed by atoms with Crippen molar-refractivity contribution >= 4 is 34.9 Å². The van der Waals surface area contributed by atoms with Gasteiger partial charge in [0.05, 0.1) is 4.92 Å². The van der Waals surface area contributed by atoms with Crippen LogP contribution in [-0.4, -0.2) is 57.5 Å². The van der Waals surface area contributed by atoms with Gasteiger partial charge in [0.1, 0.15) is 5.69 Å². The predicted molar refractivity (Wildman–Crippen MR) is 80.7 cm³/mol. The maximum absolute atomic E-state index is 11.0. The Morgan fingerprint density at radius 1 is 1.45 bits per heavy atom. The second-order valence-electron chi connectivity index (χ2n) is 4.41. The van der Waals surface area contributed by atoms with Gasteiger partial charge in [-0.25, -0.2) is 4.98 Å². The first-order valence-electron chi connectivity index (χ1n) is 6.30. The average Bonchev–Trinajstić information content (AvgIpc) is 2.38. The lowest BCUT2D eigenvalue weighted by Gasteiger charge is -2.26. The number of anilines is 1. The number of nitrogens with zero attached hydrogens (tertiary/aromatic N) is 4. The SMILES string of the molecule is Cc1nc(Cl)nc(NCCN2CCSCC2)c1[N+](=O)[O-]. The third-order valence-corrected chi connectivity index (χ3v) is 4.15. The van der Waals surface area contributed by atoms with Gasteiger partial charge in [-0.3, -0.25) is 15.0 Å². The van der Waals surface area contributed by atoms with Crippen molar-refractivity contribution in [1.29, 1.82) is 0 Å². The smallest absolute Gasteiger partial charge is 0.332 e. The molecular formula is C11H16ClN5O2S. The predicted octanol–water partition coefficient (Wildman–Crippen LogP) is 1.81. The number of aromatic nitrogens is 2. The molecule has 0 aliphatic carbocycles. The Kier molecular flexibility index (Phi) is 5.38. The molecule has 0 aromatic carbocycles. The van der Waals surface area contributed by atoms with Crippen LogP contribution in [0.5, 0.6) is 0 Å². The van der Waals surface area contributed by atoms with Gasteiger partial charge in [-0.15, -0.1) is 0 Å². The standard InChI is InChI=1S/C11H16ClN5O2S/c1-8-9(17(18)19)10(15-11(12)14-8)13-2-3-16-4-6-20-7-5-16/h2-7H2,1H3,(H,13,14,15). The van der Waals surface area contributed by atoms with E-state index in [0.717, 1.165) is 31.1 Å². The van der Waals surface area contributed by atoms with Crippen LogP contribution in [0.3, 0.4) is 0 Å². The lowest BCUT2D eigenvalue weighted by atomic mass is 10.3. The van der Waals surface area contributed by atoms with Crippen LogP contribution < -0.4 is 5.32 Å². The van der Waals surface area contributed by atoms with Gasteiger partial charge in [-0.1, -0.05) is 0 Å². The third-order valence-electron chi connectivity index (χ3n) is 3.04. The topological polar surface area (TPSA) is 84.2 Å². The van der Waals surface area contributed by atoms with Crippen LogP contribution in [0, 0.1) is 17.0 Å². The second-order valence-corrected chi connectivity index (χ2v) is 5.98. The molecule has 7 nitrogen and oxygen atoms in total. The molecule has 0 unspecified atom stereocenters. The van der Waals surface area contributed by atoms with Gasteiger partial charge in [0.2, 0.25) is 11.1 Å². The number of nitrogens with one attached hydrogen (secondary N) is 1. The summed E-state index contributed by atoms with van der Waals surface area (Å²) in [6.07, 6.45) is 0. The molecule has 0 atom stereocenters. The molecule has 0 spiro atoms. The van der Waals surface area contributed by atoms with Crippen LogP contribution in [0.2, 0.25) is 5.28 Å². The number of halogens is 1. The fourth-order valence-corrected chi connectivity index (χ4v) is 3.22. The van der Waals surface area contributed by atoms with Crippen molar-refractivity contribution in [3.8, 4) is 0 Å². The molecule has 0 saturated carbocycles. The zero-order valence-electron chi connectivity index (χ0n) is 11.1. The number of aryl methyl sites for hydroxylation is 1. The van der Waals surface area contributed by atoms with Crippen LogP contribution in [0.1, 0.15) is 5.69 Å². The summed E-state index contributed by atoms with van der Waals surface area (Å²) in [6.45, 7) is 5.09. The molecule has 110 valence electrons. The molecule has 1 aliphatic heterocycles. The number of hydrogen-bond acceptors (Lipinski definition) is 7. The summed E-state index contributed by atoms with van der Waals surface area (Å²) < 4.78 is 0. The van der Waals surface area contributed by atoms with Gasteiger partial charge in [0.25, 0.3) is 0 Å². The fraction of sp³-hybridized carbons (Fsp3) is 0.636. The van der Waals surface area contributed by atoms with Gasteiger partial charge in [-0.05, 0) is 18.5 Å². The number of thioether (sulfide) groups is 1. The molecule has 1 N–H and O–H groups in total. The molecule has 0 radical (unpaired) electrons. The van der Waals surface area contributed by atoms with Crippen molar-refractivity contribution in [3.05, 3.63) is 21.1 Å². The molecule has 1 aliphatic rings. The molecule has 9 heteroatoms. The first-order valence-corrected chi connectivity index (χ1v) is 7.83. The minimum Gasteiger partial charge on any atom is -0.363 e. The van der Waals surface area contributed by atoms with Crippen LogP contribution in [0.15, 0.2) is 0 Å². The second kappa shape index (κ2) is 7.05. The molecule has 0 bridgehead atoms. The summed E-state index contributed by atoms with van der Waals surface area (Å²) in [5, 5.41) is 14.1. The Bertz CT molecular complexity index is 496. The van der Waals surface area contributed by atoms with E-state index in [9.17, 15) is 10.1 Å². The van der Waals surface area contributed by atoms with Crippen molar-refractivity contribution < 1.29 is 4.92 Å². The summed E-state index contributed by atoms with van der Waals surface area (Å²) in [7, 11) is 0. The molecule has 1 aromatic heterocycles. The minimum atomic E-state index is -0.481. The molecule has 1 aromatic rings. The van der Waals surface area contributed by atoms with Gasteiger partial charge in [-0.2, -0.15) is 16.7 Å². The normalized spacial score (nSPS) is 16.1. The lowest BCUT2D eigenvalue weighted by molar-refractivity contribution is -0.385. The van der Waals surface area contributed by atoms with E-state index in [4.69, 9.17) is 11.6 Å². The van der Waals surface area contributed by atoms with Crippen molar-refractivity contribution in [2.45, 2.75) is 6.92 Å². The highest BCUT2D eigenvalue weighted by atomic mass is 35.5. The van der Waals surface area contributed by atoms with E-state index < -0.39 is 4.92 Å². The van der Waals surface area contributed by atoms with Gasteiger partial charge < -0.3 is 5.32 Å². The van der Waals surface area contributed by atoms with Gasteiger partial charge in [0, 0.05) is 37.7 Å². The van der Waals surface area contributed by atoms with E-state index in [0.29, 0.717) is 6.54 Å². The highest BCUT2D eigenvalue weighted by Crippen LogP contribution is 2.26. The van der Waals surface area contributed by atoms with E-state index in [2.05, 4.69) is 20.2 Å². The number of rotatable bonds is 5. The van der Waals surface area contributed by atoms with Crippen LogP contribution in [0.4, 0.5) is 11.5 Å². The van der Waals surface area contributed by atoms with Gasteiger partial charge in [0.15, 0.2) is 0 Å². The molecule has 1 saturated heterocycles. The zero-order chi connectivity index (χ0) is 14.5. The Morgan fingerprint density at radius 2 is 2.15 bits per heavy atom. The van der Waals surface area contributed by atoms with E-state index >= 15 is 0 Å². The van der Waals surface area contributed by atoms with Crippen LogP contribution in [0.25, 0.3) is 0 Å². The highest BCUT2D eigenvalue weighted by Gasteiger charge is 2.21. The lowest BCUT2D eigenvalue weighted by Crippen LogP contribution is -2.36. The van der Waals surface area contributed by atoms with E-state index in [1.165, 1.54) is 0 Å². The highest BCUT2D eigenvalue weighted by molar-refractivity contribution is 7.99. The van der Waals surface area contributed by atoms with E-state index in [1.807, 2.05) is 11.8 Å². The first kappa shape index (κ1) is 15.3. The average molecular weight is 318 g/mol. The Hall–Kier alpha value is -1.12. The minimum absolute atomic E-state index is 0.0185. The van der Waals surface area contributed by atoms with E-state index in [1.54, 1.807) is 6.92 Å². The molecule has 20 heavy (non-hydrogen) atoms. The monoisotopic (exact) mass is 317 g/mol. The molecule has 2 heterocycles. The molecular weight excluding hydrogens is 302 g/mol. The first-order chi connectivity index (χ1) is 9.58. The Morgan fingerprint density at radius 3 is 2.80 bits per heavy atom. The summed E-state index contributed by atoms with van der Waals surface area (Å²) in [4.78, 5) is 20.6. The zero-order valence-corrected chi connectivity index (χ0v) is 12.7. The fourth-order valence-electron chi connectivity index (χ4n) is 2.03. The van der Waals surface area contributed by atoms with Crippen LogP contribution in [-0.2, 0) is 0 Å². The molecule has 2 rings (SSSR count). The number of hydrogen-bond donors (Lipinski definition) is 1. The number of nitro groups is 1. The van der Waals surface area contributed by atoms with Crippen molar-refractivity contribution in [3.63, 3.8) is 0 Å². The summed E-state index contributed by atoms with van der Waals surface area (Å²) in [5.41, 5.74) is 0.162. The maximum Gasteiger partial charge on any atom is 0.332 e. The Labute approximate surface area is 126 Å². The maximum atomic E-state index is 11.0. The van der Waals surface area contributed by atoms with E-state index in [-0.39, 0.29) is 22.5 Å².